The van der Waals surface area contributed by atoms with Gasteiger partial charge in [0.1, 0.15) is 0 Å². The molecule has 0 amide bonds. The summed E-state index contributed by atoms with van der Waals surface area (Å²) in [4.78, 5) is 15.0. The zero-order valence-electron chi connectivity index (χ0n) is 11.5. The number of esters is 1. The Bertz CT molecular complexity index is 404. The lowest BCUT2D eigenvalue weighted by atomic mass is 10.1. The van der Waals surface area contributed by atoms with Crippen LogP contribution in [-0.4, -0.2) is 39.2 Å². The number of aliphatic imine (C=N–C) groups is 1. The maximum absolute atomic E-state index is 11.0. The number of carbonyl (C=O) groups is 1. The highest BCUT2D eigenvalue weighted by atomic mass is 16.5. The Morgan fingerprint density at radius 1 is 1.21 bits per heavy atom. The molecule has 0 atom stereocenters. The summed E-state index contributed by atoms with van der Waals surface area (Å²) in [5.74, 6) is 0.465. The normalized spacial score (nSPS) is 10.9. The standard InChI is InChI=1S/C14H21N3O2/c1-15-14(17-11-9-13(18)19-2)16-10-8-12-6-4-3-5-7-12/h3-7H,8-11H2,1-2H3,(H2,15,16,17). The molecule has 0 fully saturated rings. The second kappa shape index (κ2) is 8.97. The van der Waals surface area contributed by atoms with Crippen LogP contribution in [0.25, 0.3) is 0 Å². The van der Waals surface area contributed by atoms with Gasteiger partial charge in [-0.1, -0.05) is 30.3 Å². The number of benzene rings is 1. The molecule has 0 spiro atoms. The molecule has 0 unspecified atom stereocenters. The number of ether oxygens (including phenoxy) is 1. The number of guanidine groups is 1. The molecule has 1 aromatic carbocycles. The molecule has 0 radical (unpaired) electrons. The van der Waals surface area contributed by atoms with Crippen LogP contribution in [-0.2, 0) is 16.0 Å². The second-order valence-electron chi connectivity index (χ2n) is 3.99. The number of methoxy groups -OCH3 is 1. The van der Waals surface area contributed by atoms with E-state index in [0.29, 0.717) is 18.9 Å². The Balaban J connectivity index is 2.20. The highest BCUT2D eigenvalue weighted by Gasteiger charge is 2.01. The van der Waals surface area contributed by atoms with Gasteiger partial charge in [-0.15, -0.1) is 0 Å². The van der Waals surface area contributed by atoms with Crippen molar-refractivity contribution in [2.75, 3.05) is 27.2 Å². The predicted molar refractivity (Wildman–Crippen MR) is 76.1 cm³/mol. The highest BCUT2D eigenvalue weighted by molar-refractivity contribution is 5.80. The van der Waals surface area contributed by atoms with Gasteiger partial charge in [0.05, 0.1) is 13.5 Å². The first-order valence-electron chi connectivity index (χ1n) is 6.31. The average Bonchev–Trinajstić information content (AvgIpc) is 2.46. The van der Waals surface area contributed by atoms with Crippen molar-refractivity contribution in [1.82, 2.24) is 10.6 Å². The van der Waals surface area contributed by atoms with Crippen LogP contribution in [0.15, 0.2) is 35.3 Å². The fourth-order valence-electron chi connectivity index (χ4n) is 1.58. The number of rotatable bonds is 6. The van der Waals surface area contributed by atoms with E-state index in [0.717, 1.165) is 13.0 Å². The fraction of sp³-hybridized carbons (Fsp3) is 0.429. The monoisotopic (exact) mass is 263 g/mol. The first kappa shape index (κ1) is 15.0. The van der Waals surface area contributed by atoms with Crippen LogP contribution < -0.4 is 10.6 Å². The van der Waals surface area contributed by atoms with Crippen LogP contribution in [0.4, 0.5) is 0 Å². The van der Waals surface area contributed by atoms with Gasteiger partial charge < -0.3 is 15.4 Å². The Labute approximate surface area is 114 Å². The molecule has 104 valence electrons. The lowest BCUT2D eigenvalue weighted by Gasteiger charge is -2.11. The molecular formula is C14H21N3O2. The number of carbonyl (C=O) groups excluding carboxylic acids is 1. The topological polar surface area (TPSA) is 62.7 Å². The van der Waals surface area contributed by atoms with Gasteiger partial charge in [0, 0.05) is 20.1 Å². The Kier molecular flexibility index (Phi) is 7.09. The summed E-state index contributed by atoms with van der Waals surface area (Å²) in [6.45, 7) is 1.31. The van der Waals surface area contributed by atoms with Crippen molar-refractivity contribution < 1.29 is 9.53 Å². The number of nitrogens with zero attached hydrogens (tertiary/aromatic N) is 1. The van der Waals surface area contributed by atoms with E-state index in [1.807, 2.05) is 18.2 Å². The molecule has 1 aromatic rings. The molecule has 2 N–H and O–H groups in total. The summed E-state index contributed by atoms with van der Waals surface area (Å²) in [5, 5.41) is 6.26. The summed E-state index contributed by atoms with van der Waals surface area (Å²) in [6, 6.07) is 10.2. The third kappa shape index (κ3) is 6.45. The lowest BCUT2D eigenvalue weighted by molar-refractivity contribution is -0.140. The lowest BCUT2D eigenvalue weighted by Crippen LogP contribution is -2.39. The van der Waals surface area contributed by atoms with E-state index in [1.54, 1.807) is 7.05 Å². The van der Waals surface area contributed by atoms with Gasteiger partial charge >= 0.3 is 5.97 Å². The number of hydrogen-bond acceptors (Lipinski definition) is 3. The molecule has 0 saturated heterocycles. The van der Waals surface area contributed by atoms with Gasteiger partial charge in [-0.3, -0.25) is 9.79 Å². The van der Waals surface area contributed by atoms with E-state index in [1.165, 1.54) is 12.7 Å². The van der Waals surface area contributed by atoms with Crippen LogP contribution in [0, 0.1) is 0 Å². The van der Waals surface area contributed by atoms with Crippen molar-refractivity contribution >= 4 is 11.9 Å². The molecule has 19 heavy (non-hydrogen) atoms. The molecule has 0 bridgehead atoms. The van der Waals surface area contributed by atoms with Crippen LogP contribution in [0.3, 0.4) is 0 Å². The van der Waals surface area contributed by atoms with Crippen LogP contribution in [0.5, 0.6) is 0 Å². The maximum Gasteiger partial charge on any atom is 0.307 e. The van der Waals surface area contributed by atoms with E-state index in [-0.39, 0.29) is 5.97 Å². The van der Waals surface area contributed by atoms with Gasteiger partial charge in [-0.25, -0.2) is 0 Å². The quantitative estimate of drug-likeness (QED) is 0.456. The van der Waals surface area contributed by atoms with Crippen molar-refractivity contribution in [2.24, 2.45) is 4.99 Å². The van der Waals surface area contributed by atoms with Crippen molar-refractivity contribution in [1.29, 1.82) is 0 Å². The summed E-state index contributed by atoms with van der Waals surface area (Å²) in [7, 11) is 3.09. The number of hydrogen-bond donors (Lipinski definition) is 2. The zero-order valence-corrected chi connectivity index (χ0v) is 11.5. The molecule has 0 saturated carbocycles. The maximum atomic E-state index is 11.0. The van der Waals surface area contributed by atoms with Gasteiger partial charge in [0.2, 0.25) is 0 Å². The van der Waals surface area contributed by atoms with Gasteiger partial charge in [-0.2, -0.15) is 0 Å². The molecular weight excluding hydrogens is 242 g/mol. The zero-order chi connectivity index (χ0) is 13.9. The molecule has 5 nitrogen and oxygen atoms in total. The third-order valence-electron chi connectivity index (χ3n) is 2.62. The van der Waals surface area contributed by atoms with Crippen LogP contribution >= 0.6 is 0 Å². The minimum Gasteiger partial charge on any atom is -0.469 e. The first-order valence-corrected chi connectivity index (χ1v) is 6.31. The Morgan fingerprint density at radius 3 is 2.53 bits per heavy atom. The number of nitrogens with one attached hydrogen (secondary N) is 2. The molecule has 0 aromatic heterocycles. The minimum atomic E-state index is -0.229. The summed E-state index contributed by atoms with van der Waals surface area (Å²) >= 11 is 0. The summed E-state index contributed by atoms with van der Waals surface area (Å²) in [6.07, 6.45) is 1.26. The Hall–Kier alpha value is -2.04. The first-order chi connectivity index (χ1) is 9.26. The fourth-order valence-corrected chi connectivity index (χ4v) is 1.58. The van der Waals surface area contributed by atoms with Crippen molar-refractivity contribution in [3.05, 3.63) is 35.9 Å². The highest BCUT2D eigenvalue weighted by Crippen LogP contribution is 1.97. The Morgan fingerprint density at radius 2 is 1.89 bits per heavy atom. The van der Waals surface area contributed by atoms with Crippen molar-refractivity contribution in [3.8, 4) is 0 Å². The van der Waals surface area contributed by atoms with Crippen LogP contribution in [0.2, 0.25) is 0 Å². The SMILES string of the molecule is CN=C(NCCC(=O)OC)NCCc1ccccc1. The summed E-state index contributed by atoms with van der Waals surface area (Å²) < 4.78 is 4.57. The van der Waals surface area contributed by atoms with Gasteiger partial charge in [0.25, 0.3) is 0 Å². The van der Waals surface area contributed by atoms with E-state index < -0.39 is 0 Å². The van der Waals surface area contributed by atoms with Crippen molar-refractivity contribution in [3.63, 3.8) is 0 Å². The largest absolute Gasteiger partial charge is 0.469 e. The minimum absolute atomic E-state index is 0.229. The average molecular weight is 263 g/mol. The van der Waals surface area contributed by atoms with Gasteiger partial charge in [-0.05, 0) is 12.0 Å². The van der Waals surface area contributed by atoms with E-state index in [4.69, 9.17) is 0 Å². The molecule has 0 aliphatic heterocycles. The van der Waals surface area contributed by atoms with E-state index in [9.17, 15) is 4.79 Å². The van der Waals surface area contributed by atoms with Crippen LogP contribution in [0.1, 0.15) is 12.0 Å². The second-order valence-corrected chi connectivity index (χ2v) is 3.99. The molecule has 5 heteroatoms. The smallest absolute Gasteiger partial charge is 0.307 e. The van der Waals surface area contributed by atoms with E-state index in [2.05, 4.69) is 32.5 Å². The predicted octanol–water partition coefficient (Wildman–Crippen LogP) is 0.957. The molecule has 1 rings (SSSR count). The molecule has 0 aliphatic carbocycles. The molecule has 0 aliphatic rings. The molecule has 0 heterocycles. The van der Waals surface area contributed by atoms with E-state index >= 15 is 0 Å². The summed E-state index contributed by atoms with van der Waals surface area (Å²) in [5.41, 5.74) is 1.28. The van der Waals surface area contributed by atoms with Gasteiger partial charge in [0.15, 0.2) is 5.96 Å². The third-order valence-corrected chi connectivity index (χ3v) is 2.62. The van der Waals surface area contributed by atoms with Crippen molar-refractivity contribution in [2.45, 2.75) is 12.8 Å².